The Hall–Kier alpha value is -3.92. The number of hydrogen-bond donors (Lipinski definition) is 1. The van der Waals surface area contributed by atoms with Gasteiger partial charge in [0.25, 0.3) is 11.1 Å². The molecule has 2 fully saturated rings. The average molecular weight is 461 g/mol. The molecule has 9 nitrogen and oxygen atoms in total. The minimum atomic E-state index is -0.430. The molecule has 0 spiro atoms. The van der Waals surface area contributed by atoms with Gasteiger partial charge in [0.05, 0.1) is 22.5 Å². The number of carbonyl (C=O) groups excluding carboxylic acids is 2. The van der Waals surface area contributed by atoms with E-state index >= 15 is 0 Å². The molecule has 5 rings (SSSR count). The number of pyridine rings is 1. The molecular formula is C23H20N6O3S. The van der Waals surface area contributed by atoms with Crippen LogP contribution in [0.15, 0.2) is 65.8 Å². The summed E-state index contributed by atoms with van der Waals surface area (Å²) in [6.45, 7) is 3.02. The van der Waals surface area contributed by atoms with Gasteiger partial charge in [0.2, 0.25) is 11.8 Å². The molecule has 2 saturated heterocycles. The van der Waals surface area contributed by atoms with E-state index in [-0.39, 0.29) is 4.91 Å². The number of nitrogens with one attached hydrogen (secondary N) is 1. The van der Waals surface area contributed by atoms with Gasteiger partial charge in [-0.25, -0.2) is 4.98 Å². The molecule has 2 aromatic heterocycles. The second kappa shape index (κ2) is 9.29. The normalized spacial score (nSPS) is 17.4. The number of piperazine rings is 1. The fourth-order valence-electron chi connectivity index (χ4n) is 3.57. The molecule has 1 aromatic carbocycles. The van der Waals surface area contributed by atoms with Crippen LogP contribution in [0.25, 0.3) is 6.08 Å². The number of anilines is 2. The maximum absolute atomic E-state index is 12.0. The van der Waals surface area contributed by atoms with Crippen molar-refractivity contribution in [3.63, 3.8) is 0 Å². The second-order valence-corrected chi connectivity index (χ2v) is 8.40. The Balaban J connectivity index is 1.41. The SMILES string of the molecule is O=C1NC(=O)/C(=C/c2cc(Oc3ccccc3)nc(N3CCN(c4cccnc4)CC3)n2)S1. The first kappa shape index (κ1) is 21.0. The van der Waals surface area contributed by atoms with Gasteiger partial charge in [0.1, 0.15) is 5.75 Å². The predicted molar refractivity (Wildman–Crippen MR) is 126 cm³/mol. The van der Waals surface area contributed by atoms with Crippen LogP contribution in [-0.2, 0) is 4.79 Å². The van der Waals surface area contributed by atoms with E-state index in [0.717, 1.165) is 30.5 Å². The molecule has 1 N–H and O–H groups in total. The van der Waals surface area contributed by atoms with E-state index in [2.05, 4.69) is 30.1 Å². The van der Waals surface area contributed by atoms with E-state index in [4.69, 9.17) is 4.74 Å². The molecule has 33 heavy (non-hydrogen) atoms. The van der Waals surface area contributed by atoms with Gasteiger partial charge in [0.15, 0.2) is 0 Å². The van der Waals surface area contributed by atoms with Crippen molar-refractivity contribution in [2.45, 2.75) is 0 Å². The van der Waals surface area contributed by atoms with E-state index in [0.29, 0.717) is 36.4 Å². The summed E-state index contributed by atoms with van der Waals surface area (Å²) in [5.41, 5.74) is 1.58. The molecule has 2 aliphatic rings. The molecular weight excluding hydrogens is 440 g/mol. The van der Waals surface area contributed by atoms with Crippen LogP contribution in [0.5, 0.6) is 11.6 Å². The number of hydrogen-bond acceptors (Lipinski definition) is 9. The van der Waals surface area contributed by atoms with Gasteiger partial charge in [-0.3, -0.25) is 19.9 Å². The van der Waals surface area contributed by atoms with E-state index in [1.54, 1.807) is 18.3 Å². The maximum atomic E-state index is 12.0. The summed E-state index contributed by atoms with van der Waals surface area (Å²) in [5, 5.41) is 1.87. The highest BCUT2D eigenvalue weighted by Gasteiger charge is 2.26. The molecule has 10 heteroatoms. The second-order valence-electron chi connectivity index (χ2n) is 7.38. The Morgan fingerprint density at radius 3 is 2.45 bits per heavy atom. The van der Waals surface area contributed by atoms with Crippen molar-refractivity contribution in [2.24, 2.45) is 0 Å². The number of para-hydroxylation sites is 1. The fourth-order valence-corrected chi connectivity index (χ4v) is 4.23. The number of nitrogens with zero attached hydrogens (tertiary/aromatic N) is 5. The molecule has 0 aliphatic carbocycles. The van der Waals surface area contributed by atoms with Gasteiger partial charge in [-0.2, -0.15) is 4.98 Å². The zero-order chi connectivity index (χ0) is 22.6. The van der Waals surface area contributed by atoms with E-state index in [1.165, 1.54) is 0 Å². The number of rotatable bonds is 5. The maximum Gasteiger partial charge on any atom is 0.290 e. The lowest BCUT2D eigenvalue weighted by molar-refractivity contribution is -0.115. The largest absolute Gasteiger partial charge is 0.439 e. The molecule has 0 bridgehead atoms. The van der Waals surface area contributed by atoms with E-state index < -0.39 is 11.1 Å². The van der Waals surface area contributed by atoms with Crippen LogP contribution in [0, 0.1) is 0 Å². The Bertz CT molecular complexity index is 1200. The van der Waals surface area contributed by atoms with Gasteiger partial charge < -0.3 is 14.5 Å². The van der Waals surface area contributed by atoms with Gasteiger partial charge in [-0.1, -0.05) is 18.2 Å². The summed E-state index contributed by atoms with van der Waals surface area (Å²) >= 11 is 0.852. The Kier molecular flexibility index (Phi) is 5.90. The van der Waals surface area contributed by atoms with Crippen LogP contribution in [0.3, 0.4) is 0 Å². The highest BCUT2D eigenvalue weighted by molar-refractivity contribution is 8.18. The molecule has 4 heterocycles. The van der Waals surface area contributed by atoms with Gasteiger partial charge in [-0.05, 0) is 42.1 Å². The van der Waals surface area contributed by atoms with Gasteiger partial charge in [-0.15, -0.1) is 0 Å². The Morgan fingerprint density at radius 1 is 0.970 bits per heavy atom. The van der Waals surface area contributed by atoms with Crippen LogP contribution in [-0.4, -0.2) is 52.3 Å². The monoisotopic (exact) mass is 460 g/mol. The predicted octanol–water partition coefficient (Wildman–Crippen LogP) is 3.31. The van der Waals surface area contributed by atoms with Crippen LogP contribution in [0.1, 0.15) is 5.69 Å². The Labute approximate surface area is 194 Å². The van der Waals surface area contributed by atoms with Crippen LogP contribution in [0.2, 0.25) is 0 Å². The number of aromatic nitrogens is 3. The topological polar surface area (TPSA) is 101 Å². The molecule has 0 atom stereocenters. The summed E-state index contributed by atoms with van der Waals surface area (Å²) in [5.74, 6) is 1.09. The van der Waals surface area contributed by atoms with Crippen molar-refractivity contribution in [2.75, 3.05) is 36.0 Å². The highest BCUT2D eigenvalue weighted by atomic mass is 32.2. The lowest BCUT2D eigenvalue weighted by Gasteiger charge is -2.36. The molecule has 3 aromatic rings. The van der Waals surface area contributed by atoms with Gasteiger partial charge >= 0.3 is 0 Å². The standard InChI is InChI=1S/C23H20N6O3S/c30-21-19(33-23(31)27-21)13-16-14-20(32-18-6-2-1-3-7-18)26-22(25-16)29-11-9-28(10-12-29)17-5-4-8-24-15-17/h1-8,13-15H,9-12H2,(H,27,30,31)/b19-13-. The number of ether oxygens (including phenoxy) is 1. The molecule has 2 amide bonds. The minimum Gasteiger partial charge on any atom is -0.439 e. The van der Waals surface area contributed by atoms with Crippen molar-refractivity contribution in [1.29, 1.82) is 0 Å². The number of amides is 2. The lowest BCUT2D eigenvalue weighted by atomic mass is 10.3. The third kappa shape index (κ3) is 4.96. The van der Waals surface area contributed by atoms with E-state index in [1.807, 2.05) is 48.7 Å². The Morgan fingerprint density at radius 2 is 1.76 bits per heavy atom. The van der Waals surface area contributed by atoms with Crippen molar-refractivity contribution in [1.82, 2.24) is 20.3 Å². The van der Waals surface area contributed by atoms with Gasteiger partial charge in [0, 0.05) is 38.4 Å². The van der Waals surface area contributed by atoms with Crippen molar-refractivity contribution < 1.29 is 14.3 Å². The van der Waals surface area contributed by atoms with Crippen molar-refractivity contribution >= 4 is 40.6 Å². The summed E-state index contributed by atoms with van der Waals surface area (Å²) in [4.78, 5) is 41.6. The number of thioether (sulfide) groups is 1. The first-order valence-electron chi connectivity index (χ1n) is 10.4. The third-order valence-electron chi connectivity index (χ3n) is 5.17. The summed E-state index contributed by atoms with van der Waals surface area (Å²) in [7, 11) is 0. The zero-order valence-electron chi connectivity index (χ0n) is 17.5. The number of imide groups is 1. The summed E-state index contributed by atoms with van der Waals surface area (Å²) in [6.07, 6.45) is 5.20. The third-order valence-corrected chi connectivity index (χ3v) is 5.98. The highest BCUT2D eigenvalue weighted by Crippen LogP contribution is 2.28. The fraction of sp³-hybridized carbons (Fsp3) is 0.174. The number of benzene rings is 1. The van der Waals surface area contributed by atoms with Crippen LogP contribution >= 0.6 is 11.8 Å². The molecule has 0 radical (unpaired) electrons. The summed E-state index contributed by atoms with van der Waals surface area (Å²) in [6, 6.07) is 15.0. The smallest absolute Gasteiger partial charge is 0.290 e. The van der Waals surface area contributed by atoms with Crippen LogP contribution in [0.4, 0.5) is 16.4 Å². The zero-order valence-corrected chi connectivity index (χ0v) is 18.4. The van der Waals surface area contributed by atoms with Crippen LogP contribution < -0.4 is 19.9 Å². The quantitative estimate of drug-likeness (QED) is 0.575. The lowest BCUT2D eigenvalue weighted by Crippen LogP contribution is -2.47. The minimum absolute atomic E-state index is 0.289. The van der Waals surface area contributed by atoms with Crippen molar-refractivity contribution in [3.05, 3.63) is 71.5 Å². The number of carbonyl (C=O) groups is 2. The molecule has 0 unspecified atom stereocenters. The first-order chi connectivity index (χ1) is 16.1. The molecule has 2 aliphatic heterocycles. The average Bonchev–Trinajstić information content (AvgIpc) is 3.16. The first-order valence-corrected chi connectivity index (χ1v) is 11.2. The van der Waals surface area contributed by atoms with Crippen molar-refractivity contribution in [3.8, 4) is 11.6 Å². The summed E-state index contributed by atoms with van der Waals surface area (Å²) < 4.78 is 5.95. The molecule has 166 valence electrons. The molecule has 0 saturated carbocycles. The van der Waals surface area contributed by atoms with E-state index in [9.17, 15) is 9.59 Å².